The molecule has 0 aromatic heterocycles. The average molecular weight is 242 g/mol. The van der Waals surface area contributed by atoms with Crippen molar-refractivity contribution in [3.63, 3.8) is 0 Å². The van der Waals surface area contributed by atoms with Crippen molar-refractivity contribution >= 4 is 15.5 Å². The molecule has 1 aromatic rings. The fourth-order valence-corrected chi connectivity index (χ4v) is 1.57. The van der Waals surface area contributed by atoms with Crippen LogP contribution < -0.4 is 5.32 Å². The van der Waals surface area contributed by atoms with Gasteiger partial charge in [-0.25, -0.2) is 12.8 Å². The Hall–Kier alpha value is -1.61. The summed E-state index contributed by atoms with van der Waals surface area (Å²) in [4.78, 5) is 0. The van der Waals surface area contributed by atoms with Gasteiger partial charge in [0.2, 0.25) is 0 Å². The predicted octanol–water partition coefficient (Wildman–Crippen LogP) is 1.15. The van der Waals surface area contributed by atoms with Gasteiger partial charge in [0, 0.05) is 12.8 Å². The van der Waals surface area contributed by atoms with Crippen LogP contribution in [0.1, 0.15) is 5.56 Å². The van der Waals surface area contributed by atoms with Crippen molar-refractivity contribution in [2.45, 2.75) is 0 Å². The molecule has 16 heavy (non-hydrogen) atoms. The van der Waals surface area contributed by atoms with Crippen LogP contribution in [0.3, 0.4) is 0 Å². The molecule has 0 unspecified atom stereocenters. The monoisotopic (exact) mass is 242 g/mol. The number of halogens is 1. The molecule has 1 rings (SSSR count). The number of hydrogen-bond acceptors (Lipinski definition) is 4. The molecule has 0 aliphatic heterocycles. The lowest BCUT2D eigenvalue weighted by atomic mass is 10.2. The van der Waals surface area contributed by atoms with Crippen LogP contribution in [-0.2, 0) is 9.84 Å². The quantitative estimate of drug-likeness (QED) is 0.860. The highest BCUT2D eigenvalue weighted by atomic mass is 32.2. The highest BCUT2D eigenvalue weighted by molar-refractivity contribution is 7.90. The first kappa shape index (κ1) is 12.5. The number of nitrogens with zero attached hydrogens (tertiary/aromatic N) is 1. The number of rotatable bonds is 4. The van der Waals surface area contributed by atoms with Crippen molar-refractivity contribution in [2.24, 2.45) is 0 Å². The van der Waals surface area contributed by atoms with E-state index in [2.05, 4.69) is 5.32 Å². The number of sulfone groups is 1. The third-order valence-electron chi connectivity index (χ3n) is 1.89. The molecule has 6 heteroatoms. The Labute approximate surface area is 93.6 Å². The van der Waals surface area contributed by atoms with E-state index in [1.807, 2.05) is 6.07 Å². The lowest BCUT2D eigenvalue weighted by molar-refractivity contribution is 0.601. The number of nitrogens with one attached hydrogen (secondary N) is 1. The first-order valence-electron chi connectivity index (χ1n) is 4.53. The van der Waals surface area contributed by atoms with E-state index in [1.165, 1.54) is 12.1 Å². The molecule has 0 bridgehead atoms. The Morgan fingerprint density at radius 2 is 2.19 bits per heavy atom. The molecule has 0 aliphatic carbocycles. The van der Waals surface area contributed by atoms with Crippen LogP contribution in [0, 0.1) is 17.1 Å². The number of anilines is 1. The van der Waals surface area contributed by atoms with E-state index in [-0.39, 0.29) is 23.5 Å². The molecular formula is C10H11FN2O2S. The van der Waals surface area contributed by atoms with Crippen molar-refractivity contribution in [2.75, 3.05) is 23.9 Å². The second-order valence-electron chi connectivity index (χ2n) is 3.36. The predicted molar refractivity (Wildman–Crippen MR) is 59.3 cm³/mol. The Morgan fingerprint density at radius 1 is 1.50 bits per heavy atom. The van der Waals surface area contributed by atoms with Crippen molar-refractivity contribution in [3.05, 3.63) is 29.6 Å². The van der Waals surface area contributed by atoms with Gasteiger partial charge in [-0.3, -0.25) is 0 Å². The van der Waals surface area contributed by atoms with Crippen LogP contribution in [0.15, 0.2) is 18.2 Å². The van der Waals surface area contributed by atoms with Gasteiger partial charge < -0.3 is 5.32 Å². The van der Waals surface area contributed by atoms with Crippen LogP contribution in [0.4, 0.5) is 10.1 Å². The summed E-state index contributed by atoms with van der Waals surface area (Å²) in [5.41, 5.74) is 0.425. The minimum atomic E-state index is -3.06. The van der Waals surface area contributed by atoms with Crippen LogP contribution in [0.25, 0.3) is 0 Å². The second-order valence-corrected chi connectivity index (χ2v) is 5.62. The van der Waals surface area contributed by atoms with Crippen molar-refractivity contribution in [3.8, 4) is 6.07 Å². The summed E-state index contributed by atoms with van der Waals surface area (Å²) in [5.74, 6) is -0.626. The van der Waals surface area contributed by atoms with E-state index in [0.29, 0.717) is 0 Å². The molecule has 0 radical (unpaired) electrons. The van der Waals surface area contributed by atoms with Crippen LogP contribution >= 0.6 is 0 Å². The Bertz CT molecular complexity index is 520. The molecule has 4 nitrogen and oxygen atoms in total. The summed E-state index contributed by atoms with van der Waals surface area (Å²) >= 11 is 0. The fourth-order valence-electron chi connectivity index (χ4n) is 1.10. The summed E-state index contributed by atoms with van der Waals surface area (Å²) in [5, 5.41) is 11.2. The Morgan fingerprint density at radius 3 is 2.69 bits per heavy atom. The second kappa shape index (κ2) is 4.94. The number of hydrogen-bond donors (Lipinski definition) is 1. The zero-order valence-corrected chi connectivity index (χ0v) is 9.51. The topological polar surface area (TPSA) is 70.0 Å². The highest BCUT2D eigenvalue weighted by Crippen LogP contribution is 2.14. The zero-order chi connectivity index (χ0) is 12.2. The summed E-state index contributed by atoms with van der Waals surface area (Å²) in [7, 11) is -3.06. The lowest BCUT2D eigenvalue weighted by Gasteiger charge is -2.06. The molecule has 0 fully saturated rings. The average Bonchev–Trinajstić information content (AvgIpc) is 2.18. The molecule has 0 spiro atoms. The van der Waals surface area contributed by atoms with Crippen LogP contribution in [-0.4, -0.2) is 27.0 Å². The summed E-state index contributed by atoms with van der Waals surface area (Å²) < 4.78 is 35.0. The highest BCUT2D eigenvalue weighted by Gasteiger charge is 2.05. The van der Waals surface area contributed by atoms with Gasteiger partial charge in [-0.2, -0.15) is 5.26 Å². The van der Waals surface area contributed by atoms with E-state index in [0.717, 1.165) is 12.3 Å². The van der Waals surface area contributed by atoms with Gasteiger partial charge in [0.15, 0.2) is 0 Å². The van der Waals surface area contributed by atoms with Gasteiger partial charge in [0.1, 0.15) is 15.7 Å². The fraction of sp³-hybridized carbons (Fsp3) is 0.300. The molecule has 0 atom stereocenters. The van der Waals surface area contributed by atoms with E-state index in [4.69, 9.17) is 5.26 Å². The molecule has 1 aromatic carbocycles. The Balaban J connectivity index is 2.66. The third-order valence-corrected chi connectivity index (χ3v) is 2.83. The normalized spacial score (nSPS) is 10.8. The van der Waals surface area contributed by atoms with Crippen molar-refractivity contribution in [1.82, 2.24) is 0 Å². The van der Waals surface area contributed by atoms with E-state index in [9.17, 15) is 12.8 Å². The molecule has 1 N–H and O–H groups in total. The molecule has 0 saturated heterocycles. The SMILES string of the molecule is CS(=O)(=O)CCNc1ccc(C#N)cc1F. The molecule has 0 saturated carbocycles. The molecule has 86 valence electrons. The maximum atomic E-state index is 13.3. The summed E-state index contributed by atoms with van der Waals surface area (Å²) in [6.45, 7) is 0.141. The number of benzene rings is 1. The van der Waals surface area contributed by atoms with Gasteiger partial charge in [0.25, 0.3) is 0 Å². The van der Waals surface area contributed by atoms with E-state index >= 15 is 0 Å². The van der Waals surface area contributed by atoms with Crippen molar-refractivity contribution < 1.29 is 12.8 Å². The van der Waals surface area contributed by atoms with Crippen LogP contribution in [0.2, 0.25) is 0 Å². The van der Waals surface area contributed by atoms with Crippen LogP contribution in [0.5, 0.6) is 0 Å². The van der Waals surface area contributed by atoms with E-state index in [1.54, 1.807) is 0 Å². The third kappa shape index (κ3) is 3.87. The van der Waals surface area contributed by atoms with Gasteiger partial charge in [-0.05, 0) is 18.2 Å². The van der Waals surface area contributed by atoms with Crippen molar-refractivity contribution in [1.29, 1.82) is 5.26 Å². The van der Waals surface area contributed by atoms with Gasteiger partial charge >= 0.3 is 0 Å². The molecule has 0 heterocycles. The molecule has 0 aliphatic rings. The minimum Gasteiger partial charge on any atom is -0.382 e. The first-order chi connectivity index (χ1) is 7.42. The first-order valence-corrected chi connectivity index (χ1v) is 6.59. The molecular weight excluding hydrogens is 231 g/mol. The minimum absolute atomic E-state index is 0.0631. The maximum Gasteiger partial charge on any atom is 0.149 e. The van der Waals surface area contributed by atoms with Gasteiger partial charge in [0.05, 0.1) is 23.1 Å². The molecule has 0 amide bonds. The zero-order valence-electron chi connectivity index (χ0n) is 8.70. The summed E-state index contributed by atoms with van der Waals surface area (Å²) in [6, 6.07) is 5.79. The van der Waals surface area contributed by atoms with Gasteiger partial charge in [-0.15, -0.1) is 0 Å². The number of nitriles is 1. The van der Waals surface area contributed by atoms with E-state index < -0.39 is 15.7 Å². The maximum absolute atomic E-state index is 13.3. The van der Waals surface area contributed by atoms with Gasteiger partial charge in [-0.1, -0.05) is 0 Å². The summed E-state index contributed by atoms with van der Waals surface area (Å²) in [6.07, 6.45) is 1.11. The lowest BCUT2D eigenvalue weighted by Crippen LogP contribution is -2.14. The smallest absolute Gasteiger partial charge is 0.149 e. The Kier molecular flexibility index (Phi) is 3.85. The largest absolute Gasteiger partial charge is 0.382 e. The standard InChI is InChI=1S/C10H11FN2O2S/c1-16(14,15)5-4-13-10-3-2-8(7-12)6-9(10)11/h2-3,6,13H,4-5H2,1H3.